The summed E-state index contributed by atoms with van der Waals surface area (Å²) in [4.78, 5) is -2.64. The zero-order valence-corrected chi connectivity index (χ0v) is 14.4. The molecule has 0 amide bonds. The summed E-state index contributed by atoms with van der Waals surface area (Å²) in [5.74, 6) is -1.05. The van der Waals surface area contributed by atoms with Gasteiger partial charge in [-0.25, -0.2) is 0 Å². The van der Waals surface area contributed by atoms with Crippen molar-refractivity contribution in [1.29, 1.82) is 0 Å². The molecule has 0 radical (unpaired) electrons. The van der Waals surface area contributed by atoms with Crippen LogP contribution in [0.1, 0.15) is 6.42 Å². The van der Waals surface area contributed by atoms with Gasteiger partial charge in [0.05, 0.1) is 22.3 Å². The van der Waals surface area contributed by atoms with Crippen LogP contribution in [-0.4, -0.2) is 36.5 Å². The van der Waals surface area contributed by atoms with Crippen LogP contribution in [0.5, 0.6) is 0 Å². The lowest BCUT2D eigenvalue weighted by Crippen LogP contribution is -2.50. The summed E-state index contributed by atoms with van der Waals surface area (Å²) in [6.07, 6.45) is -1.09. The molecule has 0 saturated heterocycles. The van der Waals surface area contributed by atoms with E-state index in [1.165, 1.54) is 0 Å². The van der Waals surface area contributed by atoms with E-state index in [1.54, 1.807) is 0 Å². The maximum atomic E-state index is 10.2. The van der Waals surface area contributed by atoms with E-state index in [2.05, 4.69) is 0 Å². The molecule has 4 aliphatic rings. The van der Waals surface area contributed by atoms with Crippen molar-refractivity contribution in [1.82, 2.24) is 0 Å². The normalized spacial score (nSPS) is 62.4. The van der Waals surface area contributed by atoms with Crippen molar-refractivity contribution in [2.45, 2.75) is 32.7 Å². The van der Waals surface area contributed by atoms with Crippen molar-refractivity contribution in [2.24, 2.45) is 23.7 Å². The molecule has 2 nitrogen and oxygen atoms in total. The third-order valence-electron chi connectivity index (χ3n) is 5.75. The van der Waals surface area contributed by atoms with E-state index in [0.29, 0.717) is 6.42 Å². The molecule has 0 aliphatic heterocycles. The molecule has 0 aromatic carbocycles. The number of alkyl halides is 4. The average molecular weight is 399 g/mol. The van der Waals surface area contributed by atoms with Crippen molar-refractivity contribution >= 4 is 69.6 Å². The quantitative estimate of drug-likeness (QED) is 0.484. The Labute approximate surface area is 145 Å². The van der Waals surface area contributed by atoms with Gasteiger partial charge in [-0.3, -0.25) is 0 Å². The highest BCUT2D eigenvalue weighted by Gasteiger charge is 2.87. The minimum atomic E-state index is -1.58. The molecule has 0 spiro atoms. The van der Waals surface area contributed by atoms with Crippen molar-refractivity contribution in [3.8, 4) is 0 Å². The maximum Gasteiger partial charge on any atom is 0.166 e. The fraction of sp³-hybridized carbons (Fsp3) is 0.833. The Morgan fingerprint density at radius 2 is 1.15 bits per heavy atom. The molecule has 4 aliphatic carbocycles. The Morgan fingerprint density at radius 3 is 1.50 bits per heavy atom. The largest absolute Gasteiger partial charge is 0.390 e. The van der Waals surface area contributed by atoms with Crippen LogP contribution in [0.15, 0.2) is 10.1 Å². The Balaban J connectivity index is 1.98. The lowest BCUT2D eigenvalue weighted by molar-refractivity contribution is -0.0559. The van der Waals surface area contributed by atoms with Crippen LogP contribution < -0.4 is 0 Å². The van der Waals surface area contributed by atoms with E-state index in [0.717, 1.165) is 0 Å². The first-order valence-electron chi connectivity index (χ1n) is 6.29. The molecule has 112 valence electrons. The van der Waals surface area contributed by atoms with Gasteiger partial charge in [-0.2, -0.15) is 0 Å². The van der Waals surface area contributed by atoms with Gasteiger partial charge in [-0.05, 0) is 30.1 Å². The molecule has 8 atom stereocenters. The van der Waals surface area contributed by atoms with Crippen LogP contribution in [0.4, 0.5) is 0 Å². The molecule has 3 saturated carbocycles. The molecule has 0 heterocycles. The van der Waals surface area contributed by atoms with Crippen molar-refractivity contribution in [3.05, 3.63) is 10.1 Å². The highest BCUT2D eigenvalue weighted by atomic mass is 35.5. The monoisotopic (exact) mass is 396 g/mol. The Kier molecular flexibility index (Phi) is 2.91. The van der Waals surface area contributed by atoms with Gasteiger partial charge in [0, 0.05) is 0 Å². The van der Waals surface area contributed by atoms with Crippen molar-refractivity contribution in [3.63, 3.8) is 0 Å². The molecule has 8 heteroatoms. The zero-order valence-electron chi connectivity index (χ0n) is 9.83. The van der Waals surface area contributed by atoms with Crippen molar-refractivity contribution in [2.75, 3.05) is 0 Å². The number of aliphatic hydroxyl groups excluding tert-OH is 2. The minimum Gasteiger partial charge on any atom is -0.390 e. The topological polar surface area (TPSA) is 40.5 Å². The summed E-state index contributed by atoms with van der Waals surface area (Å²) < 4.78 is -1.58. The molecule has 20 heavy (non-hydrogen) atoms. The second-order valence-electron chi connectivity index (χ2n) is 6.22. The molecule has 3 fully saturated rings. The standard InChI is InChI=1S/C12H10Cl6O2/c13-8-9(14)11(16)5-3-1-2(6(19)7(3)20)4(5)10(8,15)12(11,17)18/h2-7,19-20H,1H2/t2-,3+,4+,5-,6-,7-,10+,11-/m1/s1. The number of hydrogen-bond donors (Lipinski definition) is 2. The van der Waals surface area contributed by atoms with E-state index in [1.807, 2.05) is 0 Å². The van der Waals surface area contributed by atoms with Crippen LogP contribution in [-0.2, 0) is 0 Å². The van der Waals surface area contributed by atoms with Gasteiger partial charge in [-0.1, -0.05) is 46.4 Å². The Bertz CT molecular complexity index is 506. The highest BCUT2D eigenvalue weighted by Crippen LogP contribution is 2.82. The smallest absolute Gasteiger partial charge is 0.166 e. The summed E-state index contributed by atoms with van der Waals surface area (Å²) in [6.45, 7) is 0. The third-order valence-corrected chi connectivity index (χ3v) is 10.0. The third kappa shape index (κ3) is 1.16. The first-order chi connectivity index (χ1) is 9.11. The molecule has 0 aromatic rings. The molecule has 0 aromatic heterocycles. The van der Waals surface area contributed by atoms with E-state index < -0.39 is 26.3 Å². The maximum absolute atomic E-state index is 10.2. The van der Waals surface area contributed by atoms with Gasteiger partial charge in [0.2, 0.25) is 0 Å². The number of aliphatic hydroxyl groups is 2. The van der Waals surface area contributed by atoms with E-state index in [9.17, 15) is 10.2 Å². The summed E-state index contributed by atoms with van der Waals surface area (Å²) in [5.41, 5.74) is 0. The van der Waals surface area contributed by atoms with Gasteiger partial charge in [-0.15, -0.1) is 23.2 Å². The van der Waals surface area contributed by atoms with E-state index in [-0.39, 0.29) is 33.7 Å². The summed E-state index contributed by atoms with van der Waals surface area (Å²) in [5, 5.41) is 20.6. The van der Waals surface area contributed by atoms with Crippen LogP contribution in [0, 0.1) is 23.7 Å². The molecule has 4 rings (SSSR count). The minimum absolute atomic E-state index is 0.163. The second-order valence-corrected chi connectivity index (χ2v) is 9.50. The fourth-order valence-corrected chi connectivity index (χ4v) is 8.14. The fourth-order valence-electron chi connectivity index (χ4n) is 5.01. The molecule has 2 N–H and O–H groups in total. The Morgan fingerprint density at radius 1 is 0.800 bits per heavy atom. The molecular formula is C12H10Cl6O2. The van der Waals surface area contributed by atoms with Gasteiger partial charge in [0.25, 0.3) is 0 Å². The van der Waals surface area contributed by atoms with Gasteiger partial charge in [0.15, 0.2) is 4.33 Å². The van der Waals surface area contributed by atoms with Gasteiger partial charge in [0.1, 0.15) is 9.75 Å². The highest BCUT2D eigenvalue weighted by molar-refractivity contribution is 6.65. The molecular weight excluding hydrogens is 389 g/mol. The molecule has 0 unspecified atom stereocenters. The van der Waals surface area contributed by atoms with Crippen LogP contribution >= 0.6 is 69.6 Å². The first kappa shape index (κ1) is 15.0. The predicted molar refractivity (Wildman–Crippen MR) is 80.9 cm³/mol. The number of hydrogen-bond acceptors (Lipinski definition) is 2. The van der Waals surface area contributed by atoms with E-state index in [4.69, 9.17) is 69.6 Å². The number of fused-ring (bicyclic) bond motifs is 9. The summed E-state index contributed by atoms with van der Waals surface area (Å²) in [6, 6.07) is 0. The lowest BCUT2D eigenvalue weighted by atomic mass is 9.70. The molecule has 4 bridgehead atoms. The van der Waals surface area contributed by atoms with E-state index >= 15 is 0 Å². The average Bonchev–Trinajstić information content (AvgIpc) is 2.97. The van der Waals surface area contributed by atoms with Crippen LogP contribution in [0.25, 0.3) is 0 Å². The number of rotatable bonds is 0. The lowest BCUT2D eigenvalue weighted by Gasteiger charge is -2.42. The van der Waals surface area contributed by atoms with Crippen LogP contribution in [0.2, 0.25) is 0 Å². The predicted octanol–water partition coefficient (Wildman–Crippen LogP) is 3.44. The SMILES string of the molecule is O[C@H]1[C@H](O)[C@@H]2C[C@H]1[C@@H]1[C@H]2[C@]2(Cl)C(Cl)=C(Cl)[C@@]1(Cl)C2(Cl)Cl. The zero-order chi connectivity index (χ0) is 14.8. The second kappa shape index (κ2) is 3.89. The first-order valence-corrected chi connectivity index (χ1v) is 8.56. The van der Waals surface area contributed by atoms with Gasteiger partial charge >= 0.3 is 0 Å². The summed E-state index contributed by atoms with van der Waals surface area (Å²) >= 11 is 39.0. The van der Waals surface area contributed by atoms with Crippen molar-refractivity contribution < 1.29 is 10.2 Å². The summed E-state index contributed by atoms with van der Waals surface area (Å²) in [7, 11) is 0. The number of allylic oxidation sites excluding steroid dienone is 2. The van der Waals surface area contributed by atoms with Crippen LogP contribution in [0.3, 0.4) is 0 Å². The number of halogens is 6. The Hall–Kier alpha value is 1.40. The van der Waals surface area contributed by atoms with Gasteiger partial charge < -0.3 is 10.2 Å².